The molecule has 0 unspecified atom stereocenters. The number of carbonyl (C=O) groups is 1. The summed E-state index contributed by atoms with van der Waals surface area (Å²) in [5.41, 5.74) is 0.792. The summed E-state index contributed by atoms with van der Waals surface area (Å²) in [4.78, 5) is 20.8. The molecule has 1 amide bonds. The first-order chi connectivity index (χ1) is 10.8. The van der Waals surface area contributed by atoms with Gasteiger partial charge in [-0.3, -0.25) is 4.79 Å². The van der Waals surface area contributed by atoms with Gasteiger partial charge in [-0.05, 0) is 31.0 Å². The Hall–Kier alpha value is -1.85. The van der Waals surface area contributed by atoms with Crippen LogP contribution in [0, 0.1) is 12.8 Å². The zero-order chi connectivity index (χ0) is 17.0. The van der Waals surface area contributed by atoms with Crippen molar-refractivity contribution in [3.63, 3.8) is 0 Å². The van der Waals surface area contributed by atoms with E-state index in [2.05, 4.69) is 34.4 Å². The molecule has 1 aromatic carbocycles. The van der Waals surface area contributed by atoms with E-state index in [1.54, 1.807) is 31.2 Å². The minimum Gasteiger partial charge on any atom is -0.370 e. The van der Waals surface area contributed by atoms with Crippen LogP contribution in [0.15, 0.2) is 24.3 Å². The number of halogens is 2. The lowest BCUT2D eigenvalue weighted by Crippen LogP contribution is -2.17. The van der Waals surface area contributed by atoms with Crippen molar-refractivity contribution in [2.24, 2.45) is 5.92 Å². The van der Waals surface area contributed by atoms with Gasteiger partial charge in [-0.1, -0.05) is 37.0 Å². The van der Waals surface area contributed by atoms with E-state index in [1.165, 1.54) is 0 Å². The number of nitrogens with one attached hydrogen (secondary N) is 2. The highest BCUT2D eigenvalue weighted by Gasteiger charge is 2.12. The topological polar surface area (TPSA) is 66.9 Å². The highest BCUT2D eigenvalue weighted by Crippen LogP contribution is 2.23. The van der Waals surface area contributed by atoms with Gasteiger partial charge in [-0.15, -0.1) is 0 Å². The predicted octanol–water partition coefficient (Wildman–Crippen LogP) is 4.41. The summed E-state index contributed by atoms with van der Waals surface area (Å²) in [7, 11) is 0. The van der Waals surface area contributed by atoms with Crippen LogP contribution in [-0.4, -0.2) is 22.4 Å². The number of hydrogen-bond acceptors (Lipinski definition) is 4. The highest BCUT2D eigenvalue weighted by molar-refractivity contribution is 6.35. The normalized spacial score (nSPS) is 10.7. The summed E-state index contributed by atoms with van der Waals surface area (Å²) in [6.07, 6.45) is 0. The Balaban J connectivity index is 2.18. The van der Waals surface area contributed by atoms with Crippen LogP contribution in [0.4, 0.5) is 11.5 Å². The fourth-order valence-electron chi connectivity index (χ4n) is 1.90. The molecule has 2 aromatic rings. The van der Waals surface area contributed by atoms with E-state index >= 15 is 0 Å². The van der Waals surface area contributed by atoms with E-state index in [9.17, 15) is 4.79 Å². The van der Waals surface area contributed by atoms with Crippen molar-refractivity contribution in [1.29, 1.82) is 0 Å². The number of aryl methyl sites for hydroxylation is 1. The summed E-state index contributed by atoms with van der Waals surface area (Å²) in [6, 6.07) is 6.47. The molecule has 0 radical (unpaired) electrons. The first kappa shape index (κ1) is 17.5. The van der Waals surface area contributed by atoms with Gasteiger partial charge in [0, 0.05) is 28.3 Å². The van der Waals surface area contributed by atoms with E-state index in [-0.39, 0.29) is 11.6 Å². The smallest absolute Gasteiger partial charge is 0.274 e. The fourth-order valence-corrected chi connectivity index (χ4v) is 2.43. The van der Waals surface area contributed by atoms with Crippen molar-refractivity contribution in [3.8, 4) is 0 Å². The summed E-state index contributed by atoms with van der Waals surface area (Å²) < 4.78 is 0. The van der Waals surface area contributed by atoms with E-state index < -0.39 is 0 Å². The molecule has 0 aliphatic heterocycles. The van der Waals surface area contributed by atoms with Crippen LogP contribution in [0.2, 0.25) is 10.0 Å². The average molecular weight is 353 g/mol. The molecule has 0 bridgehead atoms. The Morgan fingerprint density at radius 3 is 2.39 bits per heavy atom. The van der Waals surface area contributed by atoms with Crippen LogP contribution in [-0.2, 0) is 0 Å². The van der Waals surface area contributed by atoms with Crippen LogP contribution < -0.4 is 10.6 Å². The number of nitrogens with zero attached hydrogens (tertiary/aromatic N) is 2. The number of anilines is 2. The summed E-state index contributed by atoms with van der Waals surface area (Å²) in [5.74, 6) is 1.27. The van der Waals surface area contributed by atoms with E-state index in [0.717, 1.165) is 6.54 Å². The van der Waals surface area contributed by atoms with Gasteiger partial charge >= 0.3 is 0 Å². The van der Waals surface area contributed by atoms with E-state index in [0.29, 0.717) is 33.3 Å². The minimum absolute atomic E-state index is 0.278. The van der Waals surface area contributed by atoms with Gasteiger partial charge < -0.3 is 10.6 Å². The molecule has 0 spiro atoms. The Labute approximate surface area is 145 Å². The largest absolute Gasteiger partial charge is 0.370 e. The Bertz CT molecular complexity index is 699. The first-order valence-corrected chi connectivity index (χ1v) is 7.96. The number of hydrogen-bond donors (Lipinski definition) is 2. The molecule has 5 nitrogen and oxygen atoms in total. The third-order valence-corrected chi connectivity index (χ3v) is 3.32. The number of carbonyl (C=O) groups excluding carboxylic acids is 1. The lowest BCUT2D eigenvalue weighted by atomic mass is 10.2. The lowest BCUT2D eigenvalue weighted by Gasteiger charge is -2.11. The van der Waals surface area contributed by atoms with Gasteiger partial charge in [0.1, 0.15) is 17.3 Å². The molecule has 0 saturated heterocycles. The maximum absolute atomic E-state index is 12.4. The van der Waals surface area contributed by atoms with Crippen molar-refractivity contribution < 1.29 is 4.79 Å². The molecule has 0 aliphatic carbocycles. The molecule has 23 heavy (non-hydrogen) atoms. The monoisotopic (exact) mass is 352 g/mol. The fraction of sp³-hybridized carbons (Fsp3) is 0.312. The zero-order valence-electron chi connectivity index (χ0n) is 13.2. The molecule has 2 N–H and O–H groups in total. The van der Waals surface area contributed by atoms with Gasteiger partial charge in [-0.25, -0.2) is 9.97 Å². The Morgan fingerprint density at radius 2 is 1.78 bits per heavy atom. The predicted molar refractivity (Wildman–Crippen MR) is 94.5 cm³/mol. The van der Waals surface area contributed by atoms with E-state index in [4.69, 9.17) is 23.2 Å². The van der Waals surface area contributed by atoms with E-state index in [1.807, 2.05) is 0 Å². The second kappa shape index (κ2) is 7.62. The molecule has 0 fully saturated rings. The highest BCUT2D eigenvalue weighted by atomic mass is 35.5. The maximum Gasteiger partial charge on any atom is 0.274 e. The molecule has 7 heteroatoms. The SMILES string of the molecule is Cc1nc(NCC(C)C)cc(C(=O)Nc2cc(Cl)cc(Cl)c2)n1. The molecular formula is C16H18Cl2N4O. The van der Waals surface area contributed by atoms with Crippen LogP contribution in [0.3, 0.4) is 0 Å². The number of amides is 1. The molecule has 0 aliphatic rings. The second-order valence-electron chi connectivity index (χ2n) is 5.57. The Kier molecular flexibility index (Phi) is 5.80. The van der Waals surface area contributed by atoms with Crippen molar-refractivity contribution in [2.45, 2.75) is 20.8 Å². The third-order valence-electron chi connectivity index (χ3n) is 2.88. The third kappa shape index (κ3) is 5.37. The van der Waals surface area contributed by atoms with Crippen LogP contribution >= 0.6 is 23.2 Å². The van der Waals surface area contributed by atoms with Gasteiger partial charge in [-0.2, -0.15) is 0 Å². The standard InChI is InChI=1S/C16H18Cl2N4O/c1-9(2)8-19-15-7-14(20-10(3)21-15)16(23)22-13-5-11(17)4-12(18)6-13/h4-7,9H,8H2,1-3H3,(H,22,23)(H,19,20,21). The van der Waals surface area contributed by atoms with Crippen molar-refractivity contribution in [3.05, 3.63) is 45.8 Å². The van der Waals surface area contributed by atoms with Gasteiger partial charge in [0.15, 0.2) is 0 Å². The molecule has 1 aromatic heterocycles. The summed E-state index contributed by atoms with van der Waals surface area (Å²) in [6.45, 7) is 6.70. The lowest BCUT2D eigenvalue weighted by molar-refractivity contribution is 0.102. The molecule has 2 rings (SSSR count). The van der Waals surface area contributed by atoms with Crippen LogP contribution in [0.5, 0.6) is 0 Å². The quantitative estimate of drug-likeness (QED) is 0.835. The van der Waals surface area contributed by atoms with Gasteiger partial charge in [0.2, 0.25) is 0 Å². The first-order valence-electron chi connectivity index (χ1n) is 7.20. The number of benzene rings is 1. The number of rotatable bonds is 5. The van der Waals surface area contributed by atoms with Gasteiger partial charge in [0.25, 0.3) is 5.91 Å². The molecule has 1 heterocycles. The average Bonchev–Trinajstić information content (AvgIpc) is 2.43. The van der Waals surface area contributed by atoms with Crippen LogP contribution in [0.1, 0.15) is 30.2 Å². The molecular weight excluding hydrogens is 335 g/mol. The van der Waals surface area contributed by atoms with Crippen molar-refractivity contribution in [2.75, 3.05) is 17.2 Å². The summed E-state index contributed by atoms with van der Waals surface area (Å²) >= 11 is 11.9. The van der Waals surface area contributed by atoms with Crippen molar-refractivity contribution in [1.82, 2.24) is 9.97 Å². The van der Waals surface area contributed by atoms with Crippen LogP contribution in [0.25, 0.3) is 0 Å². The zero-order valence-corrected chi connectivity index (χ0v) is 14.7. The number of aromatic nitrogens is 2. The van der Waals surface area contributed by atoms with Crippen molar-refractivity contribution >= 4 is 40.6 Å². The van der Waals surface area contributed by atoms with Gasteiger partial charge in [0.05, 0.1) is 0 Å². The maximum atomic E-state index is 12.4. The Morgan fingerprint density at radius 1 is 1.13 bits per heavy atom. The molecule has 0 atom stereocenters. The molecule has 122 valence electrons. The molecule has 0 saturated carbocycles. The minimum atomic E-state index is -0.346. The second-order valence-corrected chi connectivity index (χ2v) is 6.45. The summed E-state index contributed by atoms with van der Waals surface area (Å²) in [5, 5.41) is 6.82.